The molecule has 0 aliphatic rings. The Balaban J connectivity index is 2.54. The van der Waals surface area contributed by atoms with Gasteiger partial charge in [-0.25, -0.2) is 4.79 Å². The smallest absolute Gasteiger partial charge is 0.317 e. The van der Waals surface area contributed by atoms with Crippen molar-refractivity contribution in [2.45, 2.75) is 39.0 Å². The van der Waals surface area contributed by atoms with Gasteiger partial charge in [0.05, 0.1) is 0 Å². The highest BCUT2D eigenvalue weighted by Crippen LogP contribution is 2.23. The second-order valence-electron chi connectivity index (χ2n) is 5.82. The zero-order chi connectivity index (χ0) is 15.2. The SMILES string of the molecule is CCCCN(C)C(=O)NCC(C)(C)c1ccc(Cl)cc1. The molecule has 0 atom stereocenters. The minimum Gasteiger partial charge on any atom is -0.337 e. The molecule has 0 aliphatic heterocycles. The largest absolute Gasteiger partial charge is 0.337 e. The van der Waals surface area contributed by atoms with Crippen LogP contribution in [0, 0.1) is 0 Å². The second-order valence-corrected chi connectivity index (χ2v) is 6.26. The van der Waals surface area contributed by atoms with Gasteiger partial charge in [-0.2, -0.15) is 0 Å². The van der Waals surface area contributed by atoms with E-state index in [0.29, 0.717) is 6.54 Å². The molecule has 4 heteroatoms. The molecule has 1 aromatic rings. The van der Waals surface area contributed by atoms with E-state index in [9.17, 15) is 4.79 Å². The van der Waals surface area contributed by atoms with Crippen LogP contribution in [0.4, 0.5) is 4.79 Å². The topological polar surface area (TPSA) is 32.3 Å². The zero-order valence-electron chi connectivity index (χ0n) is 12.9. The Hall–Kier alpha value is -1.22. The average Bonchev–Trinajstić information content (AvgIpc) is 2.42. The van der Waals surface area contributed by atoms with E-state index < -0.39 is 0 Å². The van der Waals surface area contributed by atoms with Crippen LogP contribution in [-0.4, -0.2) is 31.1 Å². The van der Waals surface area contributed by atoms with Crippen LogP contribution in [0.1, 0.15) is 39.2 Å². The number of halogens is 1. The number of urea groups is 1. The number of hydrogen-bond donors (Lipinski definition) is 1. The van der Waals surface area contributed by atoms with Gasteiger partial charge < -0.3 is 10.2 Å². The summed E-state index contributed by atoms with van der Waals surface area (Å²) in [5.41, 5.74) is 1.05. The third-order valence-electron chi connectivity index (χ3n) is 3.50. The minimum atomic E-state index is -0.119. The highest BCUT2D eigenvalue weighted by molar-refractivity contribution is 6.30. The fourth-order valence-corrected chi connectivity index (χ4v) is 2.06. The van der Waals surface area contributed by atoms with Gasteiger partial charge in [-0.3, -0.25) is 0 Å². The lowest BCUT2D eigenvalue weighted by Gasteiger charge is -2.27. The predicted octanol–water partition coefficient (Wildman–Crippen LogP) is 4.06. The Labute approximate surface area is 127 Å². The molecule has 0 aromatic heterocycles. The van der Waals surface area contributed by atoms with Gasteiger partial charge in [0.25, 0.3) is 0 Å². The summed E-state index contributed by atoms with van der Waals surface area (Å²) in [6, 6.07) is 7.77. The lowest BCUT2D eigenvalue weighted by atomic mass is 9.85. The van der Waals surface area contributed by atoms with Gasteiger partial charge in [0.2, 0.25) is 0 Å². The van der Waals surface area contributed by atoms with Gasteiger partial charge in [0, 0.05) is 30.6 Å². The lowest BCUT2D eigenvalue weighted by Crippen LogP contribution is -2.43. The van der Waals surface area contributed by atoms with E-state index in [4.69, 9.17) is 11.6 Å². The molecule has 0 aliphatic carbocycles. The first-order chi connectivity index (χ1) is 9.36. The highest BCUT2D eigenvalue weighted by atomic mass is 35.5. The van der Waals surface area contributed by atoms with Crippen molar-refractivity contribution in [2.75, 3.05) is 20.1 Å². The molecule has 0 saturated carbocycles. The molecule has 0 heterocycles. The lowest BCUT2D eigenvalue weighted by molar-refractivity contribution is 0.205. The van der Waals surface area contributed by atoms with E-state index in [1.54, 1.807) is 4.90 Å². The quantitative estimate of drug-likeness (QED) is 0.843. The molecular formula is C16H25ClN2O. The van der Waals surface area contributed by atoms with Gasteiger partial charge in [-0.05, 0) is 24.1 Å². The number of rotatable bonds is 6. The normalized spacial score (nSPS) is 11.2. The molecule has 112 valence electrons. The number of carbonyl (C=O) groups is 1. The maximum Gasteiger partial charge on any atom is 0.317 e. The van der Waals surface area contributed by atoms with E-state index in [0.717, 1.165) is 24.4 Å². The molecule has 0 saturated heterocycles. The van der Waals surface area contributed by atoms with Crippen LogP contribution >= 0.6 is 11.6 Å². The summed E-state index contributed by atoms with van der Waals surface area (Å²) in [6.45, 7) is 7.74. The first-order valence-corrected chi connectivity index (χ1v) is 7.49. The molecule has 0 spiro atoms. The molecule has 3 nitrogen and oxygen atoms in total. The Morgan fingerprint density at radius 1 is 1.30 bits per heavy atom. The number of nitrogens with one attached hydrogen (secondary N) is 1. The summed E-state index contributed by atoms with van der Waals surface area (Å²) in [6.07, 6.45) is 2.12. The molecule has 1 N–H and O–H groups in total. The second kappa shape index (κ2) is 7.53. The van der Waals surface area contributed by atoms with E-state index in [1.807, 2.05) is 31.3 Å². The van der Waals surface area contributed by atoms with Crippen LogP contribution in [0.3, 0.4) is 0 Å². The highest BCUT2D eigenvalue weighted by Gasteiger charge is 2.22. The van der Waals surface area contributed by atoms with Crippen LogP contribution < -0.4 is 5.32 Å². The summed E-state index contributed by atoms with van der Waals surface area (Å²) in [7, 11) is 1.83. The van der Waals surface area contributed by atoms with E-state index >= 15 is 0 Å². The van der Waals surface area contributed by atoms with E-state index in [2.05, 4.69) is 26.1 Å². The number of amides is 2. The maximum absolute atomic E-state index is 12.0. The van der Waals surface area contributed by atoms with E-state index in [1.165, 1.54) is 5.56 Å². The number of carbonyl (C=O) groups excluding carboxylic acids is 1. The van der Waals surface area contributed by atoms with E-state index in [-0.39, 0.29) is 11.4 Å². The third kappa shape index (κ3) is 5.04. The fraction of sp³-hybridized carbons (Fsp3) is 0.562. The first kappa shape index (κ1) is 16.8. The summed E-state index contributed by atoms with van der Waals surface area (Å²) in [5.74, 6) is 0. The fourth-order valence-electron chi connectivity index (χ4n) is 1.93. The van der Waals surface area contributed by atoms with Gasteiger partial charge in [-0.1, -0.05) is 50.9 Å². The molecule has 1 aromatic carbocycles. The Morgan fingerprint density at radius 3 is 2.45 bits per heavy atom. The van der Waals surface area contributed by atoms with Crippen LogP contribution in [0.2, 0.25) is 5.02 Å². The first-order valence-electron chi connectivity index (χ1n) is 7.12. The Morgan fingerprint density at radius 2 is 1.90 bits per heavy atom. The molecule has 0 bridgehead atoms. The predicted molar refractivity (Wildman–Crippen MR) is 85.4 cm³/mol. The van der Waals surface area contributed by atoms with Crippen molar-refractivity contribution in [3.05, 3.63) is 34.9 Å². The minimum absolute atomic E-state index is 0.0134. The Kier molecular flexibility index (Phi) is 6.34. The van der Waals surface area contributed by atoms with Crippen LogP contribution in [0.25, 0.3) is 0 Å². The van der Waals surface area contributed by atoms with Crippen molar-refractivity contribution in [1.82, 2.24) is 10.2 Å². The van der Waals surface area contributed by atoms with Crippen LogP contribution in [-0.2, 0) is 5.41 Å². The van der Waals surface area contributed by atoms with Crippen molar-refractivity contribution in [3.63, 3.8) is 0 Å². The van der Waals surface area contributed by atoms with Crippen molar-refractivity contribution < 1.29 is 4.79 Å². The summed E-state index contributed by atoms with van der Waals surface area (Å²) in [5, 5.41) is 3.73. The summed E-state index contributed by atoms with van der Waals surface area (Å²) in [4.78, 5) is 13.7. The average molecular weight is 297 g/mol. The maximum atomic E-state index is 12.0. The van der Waals surface area contributed by atoms with Crippen molar-refractivity contribution in [1.29, 1.82) is 0 Å². The third-order valence-corrected chi connectivity index (χ3v) is 3.75. The van der Waals surface area contributed by atoms with Crippen molar-refractivity contribution in [3.8, 4) is 0 Å². The van der Waals surface area contributed by atoms with Crippen LogP contribution in [0.5, 0.6) is 0 Å². The Bertz CT molecular complexity index is 429. The molecule has 1 rings (SSSR count). The molecule has 0 fully saturated rings. The number of benzene rings is 1. The van der Waals surface area contributed by atoms with Gasteiger partial charge in [-0.15, -0.1) is 0 Å². The molecule has 2 amide bonds. The van der Waals surface area contributed by atoms with Gasteiger partial charge in [0.1, 0.15) is 0 Å². The zero-order valence-corrected chi connectivity index (χ0v) is 13.6. The standard InChI is InChI=1S/C16H25ClN2O/c1-5-6-11-19(4)15(20)18-12-16(2,3)13-7-9-14(17)10-8-13/h7-10H,5-6,11-12H2,1-4H3,(H,18,20). The molecular weight excluding hydrogens is 272 g/mol. The number of hydrogen-bond acceptors (Lipinski definition) is 1. The van der Waals surface area contributed by atoms with Gasteiger partial charge >= 0.3 is 6.03 Å². The molecule has 0 radical (unpaired) electrons. The van der Waals surface area contributed by atoms with Crippen LogP contribution in [0.15, 0.2) is 24.3 Å². The molecule has 20 heavy (non-hydrogen) atoms. The summed E-state index contributed by atoms with van der Waals surface area (Å²) < 4.78 is 0. The number of unbranched alkanes of at least 4 members (excludes halogenated alkanes) is 1. The number of nitrogens with zero attached hydrogens (tertiary/aromatic N) is 1. The van der Waals surface area contributed by atoms with Crippen molar-refractivity contribution >= 4 is 17.6 Å². The molecule has 0 unspecified atom stereocenters. The van der Waals surface area contributed by atoms with Gasteiger partial charge in [0.15, 0.2) is 0 Å². The summed E-state index contributed by atoms with van der Waals surface area (Å²) >= 11 is 5.90. The van der Waals surface area contributed by atoms with Crippen molar-refractivity contribution in [2.24, 2.45) is 0 Å². The monoisotopic (exact) mass is 296 g/mol.